The predicted molar refractivity (Wildman–Crippen MR) is 135 cm³/mol. The van der Waals surface area contributed by atoms with E-state index in [0.717, 1.165) is 52.6 Å². The maximum atomic E-state index is 12.5. The number of carbonyl (C=O) groups excluding carboxylic acids is 1. The van der Waals surface area contributed by atoms with Crippen LogP contribution < -0.4 is 10.2 Å². The number of nitrogens with one attached hydrogen (secondary N) is 2. The van der Waals surface area contributed by atoms with E-state index in [0.29, 0.717) is 18.9 Å². The smallest absolute Gasteiger partial charge is 0.230 e. The van der Waals surface area contributed by atoms with E-state index in [1.165, 1.54) is 0 Å². The molecular formula is C26H29N7O2. The number of hydrogen-bond acceptors (Lipinski definition) is 7. The van der Waals surface area contributed by atoms with Crippen molar-refractivity contribution in [3.8, 4) is 11.3 Å². The van der Waals surface area contributed by atoms with Crippen molar-refractivity contribution in [1.82, 2.24) is 24.9 Å². The number of rotatable bonds is 5. The topological polar surface area (TPSA) is 109 Å². The molecule has 1 fully saturated rings. The normalized spacial score (nSPS) is 14.3. The highest BCUT2D eigenvalue weighted by Crippen LogP contribution is 2.29. The van der Waals surface area contributed by atoms with E-state index >= 15 is 0 Å². The number of nitrogens with zero attached hydrogens (tertiary/aromatic N) is 5. The van der Waals surface area contributed by atoms with E-state index in [9.17, 15) is 4.79 Å². The maximum Gasteiger partial charge on any atom is 0.230 e. The summed E-state index contributed by atoms with van der Waals surface area (Å²) >= 11 is 0. The average molecular weight is 472 g/mol. The number of H-pyrrole nitrogens is 1. The molecule has 0 saturated carbocycles. The van der Waals surface area contributed by atoms with Crippen LogP contribution in [0.3, 0.4) is 0 Å². The van der Waals surface area contributed by atoms with E-state index in [-0.39, 0.29) is 17.7 Å². The van der Waals surface area contributed by atoms with Gasteiger partial charge in [0.2, 0.25) is 5.91 Å². The Hall–Kier alpha value is -3.85. The first-order chi connectivity index (χ1) is 16.9. The van der Waals surface area contributed by atoms with Gasteiger partial charge in [-0.3, -0.25) is 14.8 Å². The molecule has 0 aliphatic carbocycles. The zero-order chi connectivity index (χ0) is 24.4. The van der Waals surface area contributed by atoms with Gasteiger partial charge in [-0.05, 0) is 23.8 Å². The molecule has 35 heavy (non-hydrogen) atoms. The van der Waals surface area contributed by atoms with Crippen molar-refractivity contribution >= 4 is 28.4 Å². The molecule has 4 heterocycles. The van der Waals surface area contributed by atoms with E-state index in [4.69, 9.17) is 4.74 Å². The van der Waals surface area contributed by atoms with Gasteiger partial charge < -0.3 is 19.9 Å². The molecule has 0 atom stereocenters. The number of amides is 1. The molecule has 0 unspecified atom stereocenters. The molecule has 1 aromatic carbocycles. The number of carbonyl (C=O) groups is 1. The molecule has 4 aromatic rings. The van der Waals surface area contributed by atoms with E-state index in [2.05, 4.69) is 62.0 Å². The molecule has 1 amide bonds. The monoisotopic (exact) mass is 471 g/mol. The highest BCUT2D eigenvalue weighted by atomic mass is 16.5. The molecule has 3 aromatic heterocycles. The lowest BCUT2D eigenvalue weighted by molar-refractivity contribution is -0.115. The summed E-state index contributed by atoms with van der Waals surface area (Å²) in [4.78, 5) is 35.9. The van der Waals surface area contributed by atoms with Crippen molar-refractivity contribution in [1.29, 1.82) is 0 Å². The van der Waals surface area contributed by atoms with Gasteiger partial charge in [-0.2, -0.15) is 0 Å². The summed E-state index contributed by atoms with van der Waals surface area (Å²) in [5.74, 6) is 0.787. The van der Waals surface area contributed by atoms with Gasteiger partial charge >= 0.3 is 0 Å². The Labute approximate surface area is 204 Å². The molecule has 1 aliphatic heterocycles. The fraction of sp³-hybridized carbons (Fsp3) is 0.346. The zero-order valence-corrected chi connectivity index (χ0v) is 20.2. The molecule has 180 valence electrons. The van der Waals surface area contributed by atoms with Crippen LogP contribution in [-0.4, -0.2) is 57.1 Å². The number of hydrogen-bond donors (Lipinski definition) is 2. The summed E-state index contributed by atoms with van der Waals surface area (Å²) in [5.41, 5.74) is 4.94. The molecule has 1 aliphatic rings. The fourth-order valence-corrected chi connectivity index (χ4v) is 4.05. The van der Waals surface area contributed by atoms with E-state index in [1.54, 1.807) is 18.7 Å². The molecule has 0 radical (unpaired) electrons. The fourth-order valence-electron chi connectivity index (χ4n) is 4.05. The predicted octanol–water partition coefficient (Wildman–Crippen LogP) is 3.73. The Bertz CT molecular complexity index is 1320. The molecule has 9 heteroatoms. The highest BCUT2D eigenvalue weighted by molar-refractivity contribution is 5.93. The van der Waals surface area contributed by atoms with Gasteiger partial charge in [0.25, 0.3) is 0 Å². The van der Waals surface area contributed by atoms with Gasteiger partial charge in [0.1, 0.15) is 17.8 Å². The summed E-state index contributed by atoms with van der Waals surface area (Å²) in [6.45, 7) is 9.27. The third-order valence-electron chi connectivity index (χ3n) is 6.01. The first kappa shape index (κ1) is 22.9. The van der Waals surface area contributed by atoms with Crippen LogP contribution in [0.15, 0.2) is 49.1 Å². The standard InChI is InChI=1S/C26H29N7O2/c1-26(2,3)22-15-27-19(14-28-22)12-23(34)31-18-6-4-17(5-7-18)21-13-20-24(32-21)29-16-30-25(20)33-8-10-35-11-9-33/h4-7,13-16H,8-12H2,1-3H3,(H,31,34)(H,29,30,32). The number of aromatic amines is 1. The van der Waals surface area contributed by atoms with Gasteiger partial charge in [0.05, 0.1) is 36.4 Å². The summed E-state index contributed by atoms with van der Waals surface area (Å²) in [7, 11) is 0. The lowest BCUT2D eigenvalue weighted by atomic mass is 9.93. The molecule has 2 N–H and O–H groups in total. The summed E-state index contributed by atoms with van der Waals surface area (Å²) in [6.07, 6.45) is 5.18. The summed E-state index contributed by atoms with van der Waals surface area (Å²) in [5, 5.41) is 3.92. The first-order valence-corrected chi connectivity index (χ1v) is 11.7. The van der Waals surface area contributed by atoms with Crippen LogP contribution >= 0.6 is 0 Å². The summed E-state index contributed by atoms with van der Waals surface area (Å²) in [6, 6.07) is 9.80. The SMILES string of the molecule is CC(C)(C)c1cnc(CC(=O)Nc2ccc(-c3cc4c(N5CCOCC5)ncnc4[nH]3)cc2)cn1. The van der Waals surface area contributed by atoms with Crippen LogP contribution in [0.5, 0.6) is 0 Å². The largest absolute Gasteiger partial charge is 0.378 e. The molecule has 5 rings (SSSR count). The van der Waals surface area contributed by atoms with Crippen molar-refractivity contribution in [2.75, 3.05) is 36.5 Å². The second-order valence-corrected chi connectivity index (χ2v) is 9.69. The maximum absolute atomic E-state index is 12.5. The van der Waals surface area contributed by atoms with Crippen molar-refractivity contribution in [3.05, 3.63) is 60.4 Å². The van der Waals surface area contributed by atoms with Crippen molar-refractivity contribution in [2.45, 2.75) is 32.6 Å². The second-order valence-electron chi connectivity index (χ2n) is 9.69. The summed E-state index contributed by atoms with van der Waals surface area (Å²) < 4.78 is 5.47. The Morgan fingerprint density at radius 2 is 1.83 bits per heavy atom. The number of aromatic nitrogens is 5. The molecule has 9 nitrogen and oxygen atoms in total. The van der Waals surface area contributed by atoms with Crippen LogP contribution in [-0.2, 0) is 21.4 Å². The Morgan fingerprint density at radius 3 is 2.51 bits per heavy atom. The van der Waals surface area contributed by atoms with Crippen molar-refractivity contribution in [2.24, 2.45) is 0 Å². The quantitative estimate of drug-likeness (QED) is 0.456. The molecule has 0 bridgehead atoms. The molecule has 1 saturated heterocycles. The van der Waals surface area contributed by atoms with Gasteiger partial charge in [0.15, 0.2) is 0 Å². The third-order valence-corrected chi connectivity index (χ3v) is 6.01. The number of benzene rings is 1. The Balaban J connectivity index is 1.27. The van der Waals surface area contributed by atoms with Gasteiger partial charge in [-0.1, -0.05) is 32.9 Å². The second kappa shape index (κ2) is 9.42. The Morgan fingerprint density at radius 1 is 1.06 bits per heavy atom. The minimum Gasteiger partial charge on any atom is -0.378 e. The molecular weight excluding hydrogens is 442 g/mol. The van der Waals surface area contributed by atoms with Gasteiger partial charge in [0, 0.05) is 42.3 Å². The first-order valence-electron chi connectivity index (χ1n) is 11.7. The minimum atomic E-state index is -0.133. The lowest BCUT2D eigenvalue weighted by Crippen LogP contribution is -2.36. The lowest BCUT2D eigenvalue weighted by Gasteiger charge is -2.27. The van der Waals surface area contributed by atoms with Crippen LogP contribution in [0.1, 0.15) is 32.2 Å². The zero-order valence-electron chi connectivity index (χ0n) is 20.2. The van der Waals surface area contributed by atoms with Crippen LogP contribution in [0.2, 0.25) is 0 Å². The van der Waals surface area contributed by atoms with E-state index in [1.807, 2.05) is 24.3 Å². The van der Waals surface area contributed by atoms with Crippen molar-refractivity contribution < 1.29 is 9.53 Å². The minimum absolute atomic E-state index is 0.0723. The van der Waals surface area contributed by atoms with Gasteiger partial charge in [-0.15, -0.1) is 0 Å². The third kappa shape index (κ3) is 5.14. The number of fused-ring (bicyclic) bond motifs is 1. The number of anilines is 2. The molecule has 0 spiro atoms. The Kier molecular flexibility index (Phi) is 6.17. The van der Waals surface area contributed by atoms with Crippen LogP contribution in [0.4, 0.5) is 11.5 Å². The number of ether oxygens (including phenoxy) is 1. The van der Waals surface area contributed by atoms with Gasteiger partial charge in [-0.25, -0.2) is 9.97 Å². The van der Waals surface area contributed by atoms with Crippen LogP contribution in [0, 0.1) is 0 Å². The average Bonchev–Trinajstić information content (AvgIpc) is 3.29. The van der Waals surface area contributed by atoms with Crippen LogP contribution in [0.25, 0.3) is 22.3 Å². The van der Waals surface area contributed by atoms with Crippen molar-refractivity contribution in [3.63, 3.8) is 0 Å². The van der Waals surface area contributed by atoms with E-state index < -0.39 is 0 Å². The highest BCUT2D eigenvalue weighted by Gasteiger charge is 2.18. The number of morpholine rings is 1.